The first-order chi connectivity index (χ1) is 25.1. The van der Waals surface area contributed by atoms with Gasteiger partial charge < -0.3 is 28.4 Å². The summed E-state index contributed by atoms with van der Waals surface area (Å²) >= 11 is 4.78. The van der Waals surface area contributed by atoms with Crippen molar-refractivity contribution in [2.45, 2.75) is 40.3 Å². The van der Waals surface area contributed by atoms with Gasteiger partial charge in [-0.05, 0) is 91.2 Å². The van der Waals surface area contributed by atoms with E-state index in [-0.39, 0.29) is 37.6 Å². The molecule has 0 saturated carbocycles. The molecule has 1 atom stereocenters. The van der Waals surface area contributed by atoms with Crippen LogP contribution in [0.1, 0.15) is 56.0 Å². The summed E-state index contributed by atoms with van der Waals surface area (Å²) in [7, 11) is 1.26. The number of rotatable bonds is 14. The van der Waals surface area contributed by atoms with Gasteiger partial charge in [0.15, 0.2) is 34.4 Å². The number of thiazole rings is 1. The number of fused-ring (bicyclic) bond motifs is 1. The molecule has 3 aromatic carbocycles. The minimum Gasteiger partial charge on any atom is -0.490 e. The zero-order valence-corrected chi connectivity index (χ0v) is 31.6. The van der Waals surface area contributed by atoms with Crippen molar-refractivity contribution in [1.29, 1.82) is 5.26 Å². The van der Waals surface area contributed by atoms with Crippen LogP contribution in [0.4, 0.5) is 0 Å². The van der Waals surface area contributed by atoms with Crippen LogP contribution in [-0.2, 0) is 25.7 Å². The highest BCUT2D eigenvalue weighted by molar-refractivity contribution is 9.10. The van der Waals surface area contributed by atoms with Crippen LogP contribution in [0.2, 0.25) is 0 Å². The van der Waals surface area contributed by atoms with Crippen molar-refractivity contribution in [3.05, 3.63) is 112 Å². The number of halogens is 1. The van der Waals surface area contributed by atoms with Crippen LogP contribution >= 0.6 is 27.3 Å². The molecule has 270 valence electrons. The molecular weight excluding hydrogens is 754 g/mol. The first-order valence-corrected chi connectivity index (χ1v) is 18.0. The second kappa shape index (κ2) is 17.2. The van der Waals surface area contributed by atoms with Gasteiger partial charge in [-0.2, -0.15) is 5.26 Å². The summed E-state index contributed by atoms with van der Waals surface area (Å²) in [5, 5.41) is 9.49. The normalized spacial score (nSPS) is 13.8. The first kappa shape index (κ1) is 37.9. The molecule has 0 saturated heterocycles. The van der Waals surface area contributed by atoms with E-state index in [1.807, 2.05) is 19.1 Å². The monoisotopic (exact) mass is 789 g/mol. The van der Waals surface area contributed by atoms with Crippen LogP contribution in [0.15, 0.2) is 80.1 Å². The molecule has 4 aromatic rings. The van der Waals surface area contributed by atoms with Crippen molar-refractivity contribution in [3.8, 4) is 29.1 Å². The van der Waals surface area contributed by atoms with Gasteiger partial charge in [-0.15, -0.1) is 0 Å². The Morgan fingerprint density at radius 1 is 0.981 bits per heavy atom. The van der Waals surface area contributed by atoms with Gasteiger partial charge in [0.1, 0.15) is 6.61 Å². The lowest BCUT2D eigenvalue weighted by molar-refractivity contribution is -0.143. The third-order valence-electron chi connectivity index (χ3n) is 7.81. The molecule has 0 radical (unpaired) electrons. The van der Waals surface area contributed by atoms with Gasteiger partial charge in [0.2, 0.25) is 0 Å². The number of methoxy groups -OCH3 is 1. The number of ether oxygens (including phenoxy) is 6. The number of hydrogen-bond donors (Lipinski definition) is 0. The van der Waals surface area contributed by atoms with E-state index in [9.17, 15) is 19.6 Å². The Hall–Kier alpha value is -5.39. The second-order valence-corrected chi connectivity index (χ2v) is 13.0. The molecule has 1 aliphatic rings. The summed E-state index contributed by atoms with van der Waals surface area (Å²) in [5.41, 5.74) is 2.66. The summed E-state index contributed by atoms with van der Waals surface area (Å²) in [4.78, 5) is 44.6. The van der Waals surface area contributed by atoms with Crippen LogP contribution in [0.3, 0.4) is 0 Å². The Bertz CT molecular complexity index is 2250. The molecule has 0 N–H and O–H groups in total. The number of nitriles is 1. The fourth-order valence-corrected chi connectivity index (χ4v) is 7.14. The number of allylic oxidation sites excluding steroid dienone is 1. The van der Waals surface area contributed by atoms with Crippen molar-refractivity contribution in [3.63, 3.8) is 0 Å². The maximum atomic E-state index is 14.3. The summed E-state index contributed by atoms with van der Waals surface area (Å²) < 4.78 is 36.1. The Balaban J connectivity index is 1.60. The third kappa shape index (κ3) is 8.22. The van der Waals surface area contributed by atoms with Gasteiger partial charge in [-0.1, -0.05) is 35.6 Å². The van der Waals surface area contributed by atoms with E-state index in [0.29, 0.717) is 65.8 Å². The molecule has 12 nitrogen and oxygen atoms in total. The smallest absolute Gasteiger partial charge is 0.343 e. The van der Waals surface area contributed by atoms with Crippen molar-refractivity contribution >= 4 is 45.3 Å². The number of hydrogen-bond acceptors (Lipinski definition) is 12. The minimum absolute atomic E-state index is 0.124. The Morgan fingerprint density at radius 3 is 2.44 bits per heavy atom. The number of carbonyl (C=O) groups is 2. The quantitative estimate of drug-likeness (QED) is 0.153. The van der Waals surface area contributed by atoms with E-state index < -0.39 is 18.0 Å². The Morgan fingerprint density at radius 2 is 1.73 bits per heavy atom. The molecule has 2 heterocycles. The maximum Gasteiger partial charge on any atom is 0.343 e. The van der Waals surface area contributed by atoms with Gasteiger partial charge in [-0.25, -0.2) is 14.6 Å². The predicted octanol–water partition coefficient (Wildman–Crippen LogP) is 5.36. The average molecular weight is 791 g/mol. The summed E-state index contributed by atoms with van der Waals surface area (Å²) in [6, 6.07) is 17.0. The molecule has 0 aliphatic carbocycles. The molecule has 0 spiro atoms. The lowest BCUT2D eigenvalue weighted by Gasteiger charge is -2.25. The number of carbonyl (C=O) groups excluding carboxylic acids is 2. The molecule has 0 fully saturated rings. The standard InChI is InChI=1S/C38H36BrN3O9S/c1-6-47-29-18-24(13-14-28(29)50-21-32(43)46-5)34-33(37(45)49-8-3)22(4)41-38-42(34)36(44)31(52-38)17-23-15-27(39)35(30(16-23)48-7-2)51-20-26-12-10-9-11-25(26)19-40/h9-18,34H,6-8,20-21H2,1-5H3/b31-17-/t34-/m0/s1. The first-order valence-electron chi connectivity index (χ1n) is 16.4. The largest absolute Gasteiger partial charge is 0.490 e. The third-order valence-corrected chi connectivity index (χ3v) is 9.38. The van der Waals surface area contributed by atoms with Gasteiger partial charge in [-0.3, -0.25) is 9.36 Å². The maximum absolute atomic E-state index is 14.3. The van der Waals surface area contributed by atoms with Crippen LogP contribution in [-0.4, -0.2) is 50.0 Å². The van der Waals surface area contributed by atoms with Crippen LogP contribution < -0.4 is 33.8 Å². The molecule has 1 aromatic heterocycles. The van der Waals surface area contributed by atoms with E-state index in [1.165, 1.54) is 23.0 Å². The van der Waals surface area contributed by atoms with E-state index >= 15 is 0 Å². The minimum atomic E-state index is -0.913. The highest BCUT2D eigenvalue weighted by atomic mass is 79.9. The van der Waals surface area contributed by atoms with E-state index in [0.717, 1.165) is 5.56 Å². The van der Waals surface area contributed by atoms with Crippen LogP contribution in [0.5, 0.6) is 23.0 Å². The molecule has 5 rings (SSSR count). The van der Waals surface area contributed by atoms with Crippen LogP contribution in [0.25, 0.3) is 6.08 Å². The zero-order valence-electron chi connectivity index (χ0n) is 29.2. The molecule has 0 amide bonds. The summed E-state index contributed by atoms with van der Waals surface area (Å²) in [5.74, 6) is 0.333. The van der Waals surface area contributed by atoms with Crippen molar-refractivity contribution < 1.29 is 38.0 Å². The Labute approximate surface area is 312 Å². The average Bonchev–Trinajstić information content (AvgIpc) is 3.43. The van der Waals surface area contributed by atoms with E-state index in [2.05, 4.69) is 27.0 Å². The van der Waals surface area contributed by atoms with E-state index in [4.69, 9.17) is 28.4 Å². The van der Waals surface area contributed by atoms with Gasteiger partial charge in [0.05, 0.1) is 64.9 Å². The molecule has 0 bridgehead atoms. The lowest BCUT2D eigenvalue weighted by atomic mass is 9.95. The summed E-state index contributed by atoms with van der Waals surface area (Å²) in [6.07, 6.45) is 1.72. The van der Waals surface area contributed by atoms with Crippen LogP contribution in [0, 0.1) is 11.3 Å². The number of aromatic nitrogens is 1. The fourth-order valence-electron chi connectivity index (χ4n) is 5.52. The van der Waals surface area contributed by atoms with Crippen molar-refractivity contribution in [1.82, 2.24) is 4.57 Å². The summed E-state index contributed by atoms with van der Waals surface area (Å²) in [6.45, 7) is 7.64. The molecule has 14 heteroatoms. The van der Waals surface area contributed by atoms with Crippen molar-refractivity contribution in [2.75, 3.05) is 33.5 Å². The molecule has 0 unspecified atom stereocenters. The topological polar surface area (TPSA) is 148 Å². The van der Waals surface area contributed by atoms with E-state index in [1.54, 1.807) is 69.3 Å². The highest BCUT2D eigenvalue weighted by Gasteiger charge is 2.34. The second-order valence-electron chi connectivity index (χ2n) is 11.1. The molecule has 52 heavy (non-hydrogen) atoms. The lowest BCUT2D eigenvalue weighted by Crippen LogP contribution is -2.40. The molecule has 1 aliphatic heterocycles. The number of nitrogens with zero attached hydrogens (tertiary/aromatic N) is 3. The number of esters is 2. The highest BCUT2D eigenvalue weighted by Crippen LogP contribution is 2.39. The SMILES string of the molecule is CCOC(=O)C1=C(C)N=c2s/c(=C\c3cc(Br)c(OCc4ccccc4C#N)c(OCC)c3)c(=O)n2[C@H]1c1ccc(OCC(=O)OC)c(OCC)c1. The molecular formula is C38H36BrN3O9S. The van der Waals surface area contributed by atoms with Gasteiger partial charge in [0.25, 0.3) is 5.56 Å². The predicted molar refractivity (Wildman–Crippen MR) is 196 cm³/mol. The zero-order chi connectivity index (χ0) is 37.4. The van der Waals surface area contributed by atoms with Gasteiger partial charge >= 0.3 is 11.9 Å². The number of benzene rings is 3. The Kier molecular flexibility index (Phi) is 12.5. The fraction of sp³-hybridized carbons (Fsp3) is 0.289. The van der Waals surface area contributed by atoms with Crippen molar-refractivity contribution in [2.24, 2.45) is 4.99 Å². The van der Waals surface area contributed by atoms with Gasteiger partial charge in [0, 0.05) is 5.56 Å².